The molecule has 0 spiro atoms. The van der Waals surface area contributed by atoms with E-state index in [-0.39, 0.29) is 5.91 Å². The first-order valence-electron chi connectivity index (χ1n) is 6.71. The van der Waals surface area contributed by atoms with Crippen LogP contribution >= 0.6 is 15.9 Å². The van der Waals surface area contributed by atoms with Crippen LogP contribution < -0.4 is 10.6 Å². The van der Waals surface area contributed by atoms with E-state index in [0.717, 1.165) is 21.2 Å². The minimum atomic E-state index is -0.195. The number of hydrogen-bond acceptors (Lipinski definition) is 4. The average Bonchev–Trinajstić information content (AvgIpc) is 3.08. The highest BCUT2D eigenvalue weighted by atomic mass is 79.9. The SMILES string of the molecule is CNC(=O)c1c(-c2ccnn2C)oc2cc(NC)c(Br)cc12. The Morgan fingerprint density at radius 1 is 1.36 bits per heavy atom. The Morgan fingerprint density at radius 3 is 2.73 bits per heavy atom. The maximum Gasteiger partial charge on any atom is 0.255 e. The van der Waals surface area contributed by atoms with Crippen molar-refractivity contribution in [3.8, 4) is 11.5 Å². The lowest BCUT2D eigenvalue weighted by molar-refractivity contribution is 0.0964. The summed E-state index contributed by atoms with van der Waals surface area (Å²) in [6, 6.07) is 5.57. The maximum atomic E-state index is 12.3. The first kappa shape index (κ1) is 14.6. The van der Waals surface area contributed by atoms with Crippen molar-refractivity contribution in [2.24, 2.45) is 7.05 Å². The Kier molecular flexibility index (Phi) is 3.66. The van der Waals surface area contributed by atoms with Crippen molar-refractivity contribution in [2.45, 2.75) is 0 Å². The van der Waals surface area contributed by atoms with Crippen LogP contribution in [0.25, 0.3) is 22.4 Å². The fourth-order valence-electron chi connectivity index (χ4n) is 2.44. The Hall–Kier alpha value is -2.28. The van der Waals surface area contributed by atoms with Gasteiger partial charge in [0.05, 0.1) is 11.3 Å². The summed E-state index contributed by atoms with van der Waals surface area (Å²) >= 11 is 3.50. The highest BCUT2D eigenvalue weighted by molar-refractivity contribution is 9.10. The normalized spacial score (nSPS) is 10.9. The Labute approximate surface area is 135 Å². The molecule has 0 unspecified atom stereocenters. The van der Waals surface area contributed by atoms with Crippen LogP contribution in [-0.4, -0.2) is 29.8 Å². The number of furan rings is 1. The van der Waals surface area contributed by atoms with Crippen LogP contribution in [0, 0.1) is 0 Å². The van der Waals surface area contributed by atoms with E-state index >= 15 is 0 Å². The lowest BCUT2D eigenvalue weighted by atomic mass is 10.1. The maximum absolute atomic E-state index is 12.3. The van der Waals surface area contributed by atoms with Gasteiger partial charge in [0, 0.05) is 43.3 Å². The second-order valence-corrected chi connectivity index (χ2v) is 5.66. The lowest BCUT2D eigenvalue weighted by Gasteiger charge is -2.04. The van der Waals surface area contributed by atoms with Crippen molar-refractivity contribution in [2.75, 3.05) is 19.4 Å². The first-order valence-corrected chi connectivity index (χ1v) is 7.50. The van der Waals surface area contributed by atoms with Crippen LogP contribution in [-0.2, 0) is 7.05 Å². The standard InChI is InChI=1S/C15H15BrN4O2/c1-17-10-7-12-8(6-9(10)16)13(15(21)18-2)14(22-12)11-4-5-19-20(11)3/h4-7,17H,1-3H3,(H,18,21). The van der Waals surface area contributed by atoms with Gasteiger partial charge in [0.1, 0.15) is 11.3 Å². The van der Waals surface area contributed by atoms with Gasteiger partial charge in [-0.3, -0.25) is 9.48 Å². The van der Waals surface area contributed by atoms with E-state index < -0.39 is 0 Å². The second-order valence-electron chi connectivity index (χ2n) is 4.80. The van der Waals surface area contributed by atoms with Crippen molar-refractivity contribution in [3.05, 3.63) is 34.4 Å². The van der Waals surface area contributed by atoms with E-state index in [9.17, 15) is 4.79 Å². The fourth-order valence-corrected chi connectivity index (χ4v) is 2.98. The van der Waals surface area contributed by atoms with Crippen molar-refractivity contribution < 1.29 is 9.21 Å². The number of rotatable bonds is 3. The number of nitrogens with zero attached hydrogens (tertiary/aromatic N) is 2. The average molecular weight is 363 g/mol. The topological polar surface area (TPSA) is 72.1 Å². The molecule has 6 nitrogen and oxygen atoms in total. The molecular weight excluding hydrogens is 348 g/mol. The van der Waals surface area contributed by atoms with Crippen LogP contribution in [0.5, 0.6) is 0 Å². The molecule has 22 heavy (non-hydrogen) atoms. The van der Waals surface area contributed by atoms with Crippen molar-refractivity contribution in [3.63, 3.8) is 0 Å². The van der Waals surface area contributed by atoms with Crippen LogP contribution in [0.2, 0.25) is 0 Å². The highest BCUT2D eigenvalue weighted by Crippen LogP contribution is 2.37. The van der Waals surface area contributed by atoms with Crippen molar-refractivity contribution >= 4 is 38.5 Å². The molecule has 0 radical (unpaired) electrons. The number of carbonyl (C=O) groups is 1. The first-order chi connectivity index (χ1) is 10.6. The molecule has 0 aliphatic rings. The number of nitrogens with one attached hydrogen (secondary N) is 2. The second kappa shape index (κ2) is 5.49. The monoisotopic (exact) mass is 362 g/mol. The molecule has 1 aromatic carbocycles. The van der Waals surface area contributed by atoms with E-state index in [1.807, 2.05) is 32.3 Å². The number of aromatic nitrogens is 2. The Morgan fingerprint density at radius 2 is 2.14 bits per heavy atom. The predicted molar refractivity (Wildman–Crippen MR) is 89.1 cm³/mol. The summed E-state index contributed by atoms with van der Waals surface area (Å²) in [5, 5.41) is 10.6. The largest absolute Gasteiger partial charge is 0.453 e. The summed E-state index contributed by atoms with van der Waals surface area (Å²) in [6.45, 7) is 0. The summed E-state index contributed by atoms with van der Waals surface area (Å²) < 4.78 is 8.51. The minimum absolute atomic E-state index is 0.195. The van der Waals surface area contributed by atoms with E-state index in [4.69, 9.17) is 4.42 Å². The molecular formula is C15H15BrN4O2. The van der Waals surface area contributed by atoms with Gasteiger partial charge in [-0.15, -0.1) is 0 Å². The number of anilines is 1. The van der Waals surface area contributed by atoms with E-state index in [2.05, 4.69) is 31.7 Å². The Balaban J connectivity index is 2.36. The molecule has 0 saturated heterocycles. The number of hydrogen-bond donors (Lipinski definition) is 2. The summed E-state index contributed by atoms with van der Waals surface area (Å²) in [5.74, 6) is 0.313. The summed E-state index contributed by atoms with van der Waals surface area (Å²) in [4.78, 5) is 12.3. The third-order valence-corrected chi connectivity index (χ3v) is 4.21. The molecule has 0 bridgehead atoms. The van der Waals surface area contributed by atoms with Gasteiger partial charge in [0.2, 0.25) is 0 Å². The number of amides is 1. The predicted octanol–water partition coefficient (Wildman–Crippen LogP) is 3.00. The highest BCUT2D eigenvalue weighted by Gasteiger charge is 2.24. The zero-order chi connectivity index (χ0) is 15.9. The van der Waals surface area contributed by atoms with Gasteiger partial charge in [0.25, 0.3) is 5.91 Å². The molecule has 7 heteroatoms. The molecule has 2 aromatic heterocycles. The zero-order valence-corrected chi connectivity index (χ0v) is 14.0. The molecule has 0 saturated carbocycles. The van der Waals surface area contributed by atoms with Crippen LogP contribution in [0.1, 0.15) is 10.4 Å². The third-order valence-electron chi connectivity index (χ3n) is 3.55. The lowest BCUT2D eigenvalue weighted by Crippen LogP contribution is -2.18. The number of carbonyl (C=O) groups excluding carboxylic acids is 1. The number of halogens is 1. The fraction of sp³-hybridized carbons (Fsp3) is 0.200. The summed E-state index contributed by atoms with van der Waals surface area (Å²) in [7, 11) is 5.24. The molecule has 3 aromatic rings. The van der Waals surface area contributed by atoms with E-state index in [1.165, 1.54) is 0 Å². The molecule has 3 rings (SSSR count). The molecule has 0 aliphatic carbocycles. The smallest absolute Gasteiger partial charge is 0.255 e. The van der Waals surface area contributed by atoms with Gasteiger partial charge in [-0.05, 0) is 28.1 Å². The van der Waals surface area contributed by atoms with Crippen molar-refractivity contribution in [1.82, 2.24) is 15.1 Å². The quantitative estimate of drug-likeness (QED) is 0.751. The molecule has 0 atom stereocenters. The van der Waals surface area contributed by atoms with Gasteiger partial charge in [-0.25, -0.2) is 0 Å². The molecule has 114 valence electrons. The van der Waals surface area contributed by atoms with Crippen LogP contribution in [0.4, 0.5) is 5.69 Å². The molecule has 2 N–H and O–H groups in total. The van der Waals surface area contributed by atoms with Gasteiger partial charge >= 0.3 is 0 Å². The van der Waals surface area contributed by atoms with Gasteiger partial charge < -0.3 is 15.1 Å². The minimum Gasteiger partial charge on any atom is -0.453 e. The number of benzene rings is 1. The van der Waals surface area contributed by atoms with Gasteiger partial charge in [-0.1, -0.05) is 0 Å². The van der Waals surface area contributed by atoms with Gasteiger partial charge in [-0.2, -0.15) is 5.10 Å². The third kappa shape index (κ3) is 2.18. The number of aryl methyl sites for hydroxylation is 1. The van der Waals surface area contributed by atoms with Crippen LogP contribution in [0.3, 0.4) is 0 Å². The summed E-state index contributed by atoms with van der Waals surface area (Å²) in [5.41, 5.74) is 2.78. The Bertz CT molecular complexity index is 866. The summed E-state index contributed by atoms with van der Waals surface area (Å²) in [6.07, 6.45) is 1.67. The van der Waals surface area contributed by atoms with Crippen LogP contribution in [0.15, 0.2) is 33.3 Å². The van der Waals surface area contributed by atoms with E-state index in [1.54, 1.807) is 17.9 Å². The zero-order valence-electron chi connectivity index (χ0n) is 12.4. The molecule has 1 amide bonds. The molecule has 0 aliphatic heterocycles. The molecule has 0 fully saturated rings. The molecule has 2 heterocycles. The van der Waals surface area contributed by atoms with E-state index in [0.29, 0.717) is 16.9 Å². The van der Waals surface area contributed by atoms with Crippen molar-refractivity contribution in [1.29, 1.82) is 0 Å². The van der Waals surface area contributed by atoms with Gasteiger partial charge in [0.15, 0.2) is 5.76 Å². The number of fused-ring (bicyclic) bond motifs is 1.